The molecule has 1 amide bonds. The minimum atomic E-state index is 0.250. The number of guanidine groups is 1. The predicted molar refractivity (Wildman–Crippen MR) is 54.4 cm³/mol. The molecule has 0 aliphatic carbocycles. The first-order valence-electron chi connectivity index (χ1n) is 3.97. The Balaban J connectivity index is 0.000000424. The highest BCUT2D eigenvalue weighted by Gasteiger charge is 1.96. The summed E-state index contributed by atoms with van der Waals surface area (Å²) in [4.78, 5) is 20.5. The first-order chi connectivity index (χ1) is 6.20. The molecule has 1 rings (SSSR count). The highest BCUT2D eigenvalue weighted by atomic mass is 16.1. The van der Waals surface area contributed by atoms with Crippen LogP contribution in [0.2, 0.25) is 0 Å². The molecule has 0 atom stereocenters. The summed E-state index contributed by atoms with van der Waals surface area (Å²) in [5.74, 6) is 1.19. The minimum Gasteiger partial charge on any atom is -0.372 e. The monoisotopic (exact) mass is 182 g/mol. The van der Waals surface area contributed by atoms with Gasteiger partial charge >= 0.3 is 0 Å². The average molecular weight is 182 g/mol. The molecule has 5 heteroatoms. The van der Waals surface area contributed by atoms with Crippen molar-refractivity contribution in [3.8, 4) is 0 Å². The van der Waals surface area contributed by atoms with Gasteiger partial charge in [-0.3, -0.25) is 4.79 Å². The van der Waals surface area contributed by atoms with Gasteiger partial charge < -0.3 is 5.73 Å². The van der Waals surface area contributed by atoms with Crippen molar-refractivity contribution >= 4 is 24.8 Å². The smallest absolute Gasteiger partial charge is 0.244 e. The lowest BCUT2D eigenvalue weighted by molar-refractivity contribution is -0.106. The fourth-order valence-electron chi connectivity index (χ4n) is 0.579. The Labute approximate surface area is 77.5 Å². The van der Waals surface area contributed by atoms with E-state index in [-0.39, 0.29) is 6.41 Å². The van der Waals surface area contributed by atoms with Crippen LogP contribution in [0.3, 0.4) is 0 Å². The van der Waals surface area contributed by atoms with Gasteiger partial charge in [0.25, 0.3) is 0 Å². The second kappa shape index (κ2) is 7.15. The normalized spacial score (nSPS) is 12.7. The van der Waals surface area contributed by atoms with E-state index >= 15 is 0 Å². The third-order valence-electron chi connectivity index (χ3n) is 1.04. The van der Waals surface area contributed by atoms with Gasteiger partial charge in [0.05, 0.1) is 0 Å². The summed E-state index contributed by atoms with van der Waals surface area (Å²) < 4.78 is 0. The molecule has 1 heterocycles. The molecule has 72 valence electrons. The number of carbonyl (C=O) groups excluding carboxylic acids is 1. The van der Waals surface area contributed by atoms with E-state index in [1.165, 1.54) is 0 Å². The quantitative estimate of drug-likeness (QED) is 0.610. The molecule has 5 nitrogen and oxygen atoms in total. The zero-order valence-electron chi connectivity index (χ0n) is 7.84. The van der Waals surface area contributed by atoms with E-state index in [0.29, 0.717) is 11.9 Å². The topological polar surface area (TPSA) is 80.2 Å². The van der Waals surface area contributed by atoms with Crippen molar-refractivity contribution in [2.24, 2.45) is 26.6 Å². The van der Waals surface area contributed by atoms with Crippen LogP contribution in [0.1, 0.15) is 13.8 Å². The third-order valence-corrected chi connectivity index (χ3v) is 1.04. The van der Waals surface area contributed by atoms with Crippen LogP contribution >= 0.6 is 0 Å². The number of carbonyl (C=O) groups is 1. The van der Waals surface area contributed by atoms with Gasteiger partial charge in [-0.1, -0.05) is 13.8 Å². The van der Waals surface area contributed by atoms with E-state index in [0.717, 1.165) is 6.54 Å². The first-order valence-corrected chi connectivity index (χ1v) is 3.97. The Bertz CT molecular complexity index is 216. The molecule has 1 aliphatic rings. The zero-order valence-corrected chi connectivity index (χ0v) is 7.84. The van der Waals surface area contributed by atoms with Crippen LogP contribution in [-0.4, -0.2) is 31.3 Å². The molecule has 0 aromatic heterocycles. The second-order valence-electron chi connectivity index (χ2n) is 2.73. The number of hydrogen-bond acceptors (Lipinski definition) is 2. The number of amides is 1. The van der Waals surface area contributed by atoms with Gasteiger partial charge in [-0.05, 0) is 5.92 Å². The van der Waals surface area contributed by atoms with Crippen molar-refractivity contribution in [3.63, 3.8) is 0 Å². The summed E-state index contributed by atoms with van der Waals surface area (Å²) >= 11 is 0. The largest absolute Gasteiger partial charge is 0.372 e. The summed E-state index contributed by atoms with van der Waals surface area (Å²) in [5, 5.41) is 0. The Kier molecular flexibility index (Phi) is 6.31. The van der Waals surface area contributed by atoms with E-state index in [2.05, 4.69) is 34.6 Å². The molecule has 0 spiro atoms. The van der Waals surface area contributed by atoms with E-state index in [9.17, 15) is 0 Å². The lowest BCUT2D eigenvalue weighted by Gasteiger charge is -1.96. The average Bonchev–Trinajstić information content (AvgIpc) is 2.54. The summed E-state index contributed by atoms with van der Waals surface area (Å²) in [7, 11) is 0. The van der Waals surface area contributed by atoms with E-state index in [4.69, 9.17) is 4.79 Å². The number of nitrogens with two attached hydrogens (primary N) is 1. The number of aliphatic imine (C=N–C) groups is 3. The fraction of sp³-hybridized carbons (Fsp3) is 0.500. The van der Waals surface area contributed by atoms with Crippen LogP contribution < -0.4 is 5.73 Å². The fourth-order valence-corrected chi connectivity index (χ4v) is 0.579. The zero-order chi connectivity index (χ0) is 10.1. The van der Waals surface area contributed by atoms with Crippen molar-refractivity contribution in [3.05, 3.63) is 0 Å². The summed E-state index contributed by atoms with van der Waals surface area (Å²) in [6.45, 7) is 5.04. The third kappa shape index (κ3) is 6.86. The van der Waals surface area contributed by atoms with Gasteiger partial charge in [0.15, 0.2) is 0 Å². The van der Waals surface area contributed by atoms with Gasteiger partial charge in [0, 0.05) is 19.0 Å². The van der Waals surface area contributed by atoms with Crippen LogP contribution in [-0.2, 0) is 4.79 Å². The number of primary amides is 1. The molecule has 0 fully saturated rings. The molecule has 1 aliphatic heterocycles. The molecule has 13 heavy (non-hydrogen) atoms. The Morgan fingerprint density at radius 3 is 2.38 bits per heavy atom. The minimum absolute atomic E-state index is 0.250. The van der Waals surface area contributed by atoms with Crippen molar-refractivity contribution < 1.29 is 4.79 Å². The molecular formula is C8H14N4O. The second-order valence-corrected chi connectivity index (χ2v) is 2.73. The number of rotatable bonds is 2. The van der Waals surface area contributed by atoms with Gasteiger partial charge in [0.2, 0.25) is 12.4 Å². The summed E-state index contributed by atoms with van der Waals surface area (Å²) in [6, 6.07) is 0. The maximum Gasteiger partial charge on any atom is 0.244 e. The number of nitrogens with zero attached hydrogens (tertiary/aromatic N) is 3. The molecule has 0 radical (unpaired) electrons. The highest BCUT2D eigenvalue weighted by molar-refractivity contribution is 6.26. The van der Waals surface area contributed by atoms with Crippen LogP contribution in [0.15, 0.2) is 15.0 Å². The predicted octanol–water partition coefficient (Wildman–Crippen LogP) is 0.255. The molecule has 0 aromatic rings. The molecule has 0 unspecified atom stereocenters. The number of hydrogen-bond donors (Lipinski definition) is 1. The summed E-state index contributed by atoms with van der Waals surface area (Å²) in [6.07, 6.45) is 3.55. The molecule has 0 saturated heterocycles. The van der Waals surface area contributed by atoms with Crippen molar-refractivity contribution in [2.75, 3.05) is 6.54 Å². The van der Waals surface area contributed by atoms with Gasteiger partial charge in [0.1, 0.15) is 0 Å². The molecule has 2 N–H and O–H groups in total. The van der Waals surface area contributed by atoms with Gasteiger partial charge in [-0.2, -0.15) is 0 Å². The van der Waals surface area contributed by atoms with Crippen molar-refractivity contribution in [1.82, 2.24) is 0 Å². The van der Waals surface area contributed by atoms with Crippen molar-refractivity contribution in [2.45, 2.75) is 13.8 Å². The van der Waals surface area contributed by atoms with Crippen LogP contribution in [0, 0.1) is 5.92 Å². The van der Waals surface area contributed by atoms with Crippen molar-refractivity contribution in [1.29, 1.82) is 0 Å². The molecule has 0 bridgehead atoms. The standard InChI is InChI=1S/C7H11N3.CH3NO/c1-6(2)5-10-7-8-3-4-9-7;2-1-3/h3-4,6H,5H2,1-2H3;1H,(H2,2,3). The van der Waals surface area contributed by atoms with Crippen LogP contribution in [0.4, 0.5) is 0 Å². The first kappa shape index (κ1) is 11.5. The molecular weight excluding hydrogens is 168 g/mol. The SMILES string of the molecule is CC(C)CN=C1N=CC=N1.NC=O. The van der Waals surface area contributed by atoms with E-state index in [1.807, 2.05) is 0 Å². The highest BCUT2D eigenvalue weighted by Crippen LogP contribution is 1.95. The van der Waals surface area contributed by atoms with E-state index < -0.39 is 0 Å². The van der Waals surface area contributed by atoms with E-state index in [1.54, 1.807) is 12.4 Å². The van der Waals surface area contributed by atoms with Gasteiger partial charge in [-0.25, -0.2) is 15.0 Å². The summed E-state index contributed by atoms with van der Waals surface area (Å²) in [5.41, 5.74) is 4.17. The maximum atomic E-state index is 8.58. The Morgan fingerprint density at radius 2 is 2.00 bits per heavy atom. The molecule has 0 saturated carbocycles. The van der Waals surface area contributed by atoms with Gasteiger partial charge in [-0.15, -0.1) is 0 Å². The lowest BCUT2D eigenvalue weighted by atomic mass is 10.2. The Morgan fingerprint density at radius 1 is 1.54 bits per heavy atom. The van der Waals surface area contributed by atoms with Crippen LogP contribution in [0.25, 0.3) is 0 Å². The van der Waals surface area contributed by atoms with Crippen LogP contribution in [0.5, 0.6) is 0 Å². The lowest BCUT2D eigenvalue weighted by Crippen LogP contribution is -1.95. The maximum absolute atomic E-state index is 8.58. The molecule has 0 aromatic carbocycles. The Hall–Kier alpha value is -1.52.